The Bertz CT molecular complexity index is 1340. The van der Waals surface area contributed by atoms with Gasteiger partial charge in [-0.25, -0.2) is 0 Å². The maximum absolute atomic E-state index is 13.4. The quantitative estimate of drug-likeness (QED) is 0.509. The van der Waals surface area contributed by atoms with Gasteiger partial charge in [0, 0.05) is 48.3 Å². The highest BCUT2D eigenvalue weighted by Gasteiger charge is 2.24. The molecular weight excluding hydrogens is 402 g/mol. The fourth-order valence-electron chi connectivity index (χ4n) is 4.27. The number of carbonyl (C=O) groups excluding carboxylic acids is 1. The summed E-state index contributed by atoms with van der Waals surface area (Å²) in [6.07, 6.45) is 5.42. The molecule has 7 nitrogen and oxygen atoms in total. The summed E-state index contributed by atoms with van der Waals surface area (Å²) in [7, 11) is 1.84. The molecule has 0 spiro atoms. The maximum atomic E-state index is 13.4. The molecule has 0 N–H and O–H groups in total. The first kappa shape index (κ1) is 18.8. The smallest absolute Gasteiger partial charge is 0.296 e. The lowest BCUT2D eigenvalue weighted by Crippen LogP contribution is -2.31. The van der Waals surface area contributed by atoms with Gasteiger partial charge in [-0.05, 0) is 37.1 Å². The highest BCUT2D eigenvalue weighted by molar-refractivity contribution is 6.31. The second-order valence-electron chi connectivity index (χ2n) is 7.58. The summed E-state index contributed by atoms with van der Waals surface area (Å²) in [6, 6.07) is 8.97. The Morgan fingerprint density at radius 1 is 1.13 bits per heavy atom. The molecule has 0 unspecified atom stereocenters. The van der Waals surface area contributed by atoms with E-state index in [1.165, 1.54) is 4.68 Å². The molecule has 0 bridgehead atoms. The lowest BCUT2D eigenvalue weighted by atomic mass is 10.1. The van der Waals surface area contributed by atoms with Crippen LogP contribution in [0.5, 0.6) is 0 Å². The molecular formula is C22H20ClN5O2. The second kappa shape index (κ2) is 7.25. The SMILES string of the molecule is Cn1c2cc(Cl)ccc2c2c(CC(=O)N3CCCC3)nn(-c3ccncc3)c(=O)c21. The van der Waals surface area contributed by atoms with Crippen LogP contribution in [0.4, 0.5) is 0 Å². The van der Waals surface area contributed by atoms with E-state index in [-0.39, 0.29) is 17.9 Å². The van der Waals surface area contributed by atoms with Crippen molar-refractivity contribution in [1.82, 2.24) is 24.2 Å². The molecule has 1 amide bonds. The molecule has 4 heterocycles. The molecule has 30 heavy (non-hydrogen) atoms. The van der Waals surface area contributed by atoms with E-state index in [9.17, 15) is 9.59 Å². The third kappa shape index (κ3) is 2.97. The first-order valence-corrected chi connectivity index (χ1v) is 10.3. The number of pyridine rings is 1. The van der Waals surface area contributed by atoms with Gasteiger partial charge in [0.15, 0.2) is 0 Å². The average molecular weight is 422 g/mol. The maximum Gasteiger partial charge on any atom is 0.296 e. The number of likely N-dealkylation sites (tertiary alicyclic amines) is 1. The first-order valence-electron chi connectivity index (χ1n) is 9.92. The van der Waals surface area contributed by atoms with E-state index in [0.717, 1.165) is 36.8 Å². The number of nitrogens with zero attached hydrogens (tertiary/aromatic N) is 5. The fourth-order valence-corrected chi connectivity index (χ4v) is 4.44. The first-order chi connectivity index (χ1) is 14.5. The highest BCUT2D eigenvalue weighted by Crippen LogP contribution is 2.31. The number of aromatic nitrogens is 4. The van der Waals surface area contributed by atoms with Crippen molar-refractivity contribution in [3.05, 3.63) is 63.8 Å². The molecule has 0 radical (unpaired) electrons. The van der Waals surface area contributed by atoms with E-state index in [2.05, 4.69) is 10.1 Å². The summed E-state index contributed by atoms with van der Waals surface area (Å²) >= 11 is 6.22. The zero-order valence-corrected chi connectivity index (χ0v) is 17.3. The topological polar surface area (TPSA) is 73.0 Å². The Morgan fingerprint density at radius 2 is 1.87 bits per heavy atom. The second-order valence-corrected chi connectivity index (χ2v) is 8.01. The monoisotopic (exact) mass is 421 g/mol. The van der Waals surface area contributed by atoms with E-state index < -0.39 is 0 Å². The number of amides is 1. The van der Waals surface area contributed by atoms with Crippen molar-refractivity contribution in [1.29, 1.82) is 0 Å². The fraction of sp³-hybridized carbons (Fsp3) is 0.273. The van der Waals surface area contributed by atoms with E-state index in [1.807, 2.05) is 28.6 Å². The Hall–Kier alpha value is -3.19. The van der Waals surface area contributed by atoms with Crippen molar-refractivity contribution >= 4 is 39.3 Å². The Labute approximate surface area is 177 Å². The summed E-state index contributed by atoms with van der Waals surface area (Å²) in [5.41, 5.74) is 2.28. The van der Waals surface area contributed by atoms with E-state index in [1.54, 1.807) is 30.6 Å². The van der Waals surface area contributed by atoms with Crippen LogP contribution in [0.1, 0.15) is 18.5 Å². The van der Waals surface area contributed by atoms with Crippen LogP contribution in [0.25, 0.3) is 27.5 Å². The molecule has 0 aliphatic carbocycles. The molecule has 1 saturated heterocycles. The number of benzene rings is 1. The summed E-state index contributed by atoms with van der Waals surface area (Å²) < 4.78 is 3.19. The third-order valence-electron chi connectivity index (χ3n) is 5.75. The van der Waals surface area contributed by atoms with Gasteiger partial charge in [-0.2, -0.15) is 9.78 Å². The Morgan fingerprint density at radius 3 is 2.60 bits per heavy atom. The van der Waals surface area contributed by atoms with Crippen LogP contribution in [0.15, 0.2) is 47.5 Å². The standard InChI is InChI=1S/C22H20ClN5O2/c1-26-18-12-14(23)4-5-16(18)20-17(13-19(29)27-10-2-3-11-27)25-28(22(30)21(20)26)15-6-8-24-9-7-15/h4-9,12H,2-3,10-11,13H2,1H3. The van der Waals surface area contributed by atoms with Crippen LogP contribution in [0, 0.1) is 0 Å². The van der Waals surface area contributed by atoms with Crippen molar-refractivity contribution in [2.24, 2.45) is 7.05 Å². The molecule has 1 aliphatic heterocycles. The van der Waals surface area contributed by atoms with Gasteiger partial charge in [0.1, 0.15) is 5.52 Å². The lowest BCUT2D eigenvalue weighted by Gasteiger charge is -2.16. The summed E-state index contributed by atoms with van der Waals surface area (Å²) in [4.78, 5) is 32.3. The Balaban J connectivity index is 1.80. The molecule has 4 aromatic rings. The molecule has 1 fully saturated rings. The van der Waals surface area contributed by atoms with Crippen LogP contribution in [-0.4, -0.2) is 43.2 Å². The van der Waals surface area contributed by atoms with Crippen molar-refractivity contribution in [2.45, 2.75) is 19.3 Å². The molecule has 1 aromatic carbocycles. The van der Waals surface area contributed by atoms with Crippen LogP contribution < -0.4 is 5.56 Å². The van der Waals surface area contributed by atoms with Gasteiger partial charge in [0.2, 0.25) is 5.91 Å². The van der Waals surface area contributed by atoms with Crippen molar-refractivity contribution in [3.63, 3.8) is 0 Å². The molecule has 8 heteroatoms. The molecule has 152 valence electrons. The third-order valence-corrected chi connectivity index (χ3v) is 5.99. The summed E-state index contributed by atoms with van der Waals surface area (Å²) in [6.45, 7) is 1.55. The zero-order valence-electron chi connectivity index (χ0n) is 16.5. The highest BCUT2D eigenvalue weighted by atomic mass is 35.5. The summed E-state index contributed by atoms with van der Waals surface area (Å²) in [5.74, 6) is 0.0344. The van der Waals surface area contributed by atoms with Crippen LogP contribution in [-0.2, 0) is 18.3 Å². The number of aryl methyl sites for hydroxylation is 1. The molecule has 0 saturated carbocycles. The molecule has 0 atom stereocenters. The number of carbonyl (C=O) groups is 1. The zero-order chi connectivity index (χ0) is 20.8. The van der Waals surface area contributed by atoms with Crippen molar-refractivity contribution in [3.8, 4) is 5.69 Å². The van der Waals surface area contributed by atoms with Crippen LogP contribution in [0.2, 0.25) is 5.02 Å². The molecule has 3 aromatic heterocycles. The number of halogens is 1. The van der Waals surface area contributed by atoms with Gasteiger partial charge in [-0.1, -0.05) is 17.7 Å². The number of fused-ring (bicyclic) bond motifs is 3. The van der Waals surface area contributed by atoms with Crippen LogP contribution in [0.3, 0.4) is 0 Å². The van der Waals surface area contributed by atoms with Crippen LogP contribution >= 0.6 is 11.6 Å². The van der Waals surface area contributed by atoms with E-state index >= 15 is 0 Å². The molecule has 5 rings (SSSR count). The van der Waals surface area contributed by atoms with Gasteiger partial charge in [0.25, 0.3) is 5.56 Å². The predicted molar refractivity (Wildman–Crippen MR) is 116 cm³/mol. The normalized spacial score (nSPS) is 14.1. The van der Waals surface area contributed by atoms with Crippen molar-refractivity contribution < 1.29 is 4.79 Å². The number of hydrogen-bond acceptors (Lipinski definition) is 4. The van der Waals surface area contributed by atoms with Gasteiger partial charge in [0.05, 0.1) is 23.3 Å². The number of hydrogen-bond donors (Lipinski definition) is 0. The molecule has 1 aliphatic rings. The van der Waals surface area contributed by atoms with Gasteiger partial charge in [-0.15, -0.1) is 0 Å². The van der Waals surface area contributed by atoms with Gasteiger partial charge < -0.3 is 9.47 Å². The van der Waals surface area contributed by atoms with E-state index in [4.69, 9.17) is 11.6 Å². The predicted octanol–water partition coefficient (Wildman–Crippen LogP) is 3.09. The largest absolute Gasteiger partial charge is 0.342 e. The minimum absolute atomic E-state index is 0.0344. The van der Waals surface area contributed by atoms with Gasteiger partial charge in [-0.3, -0.25) is 14.6 Å². The Kier molecular flexibility index (Phi) is 4.55. The van der Waals surface area contributed by atoms with Crippen molar-refractivity contribution in [2.75, 3.05) is 13.1 Å². The number of rotatable bonds is 3. The summed E-state index contributed by atoms with van der Waals surface area (Å²) in [5, 5.41) is 6.82. The minimum Gasteiger partial charge on any atom is -0.342 e. The van der Waals surface area contributed by atoms with Gasteiger partial charge >= 0.3 is 0 Å². The minimum atomic E-state index is -0.247. The lowest BCUT2D eigenvalue weighted by molar-refractivity contribution is -0.129. The average Bonchev–Trinajstić information content (AvgIpc) is 3.38. The van der Waals surface area contributed by atoms with E-state index in [0.29, 0.717) is 27.3 Å².